The number of nitrogens with zero attached hydrogens (tertiary/aromatic N) is 2. The first kappa shape index (κ1) is 15.9. The van der Waals surface area contributed by atoms with Gasteiger partial charge in [-0.25, -0.2) is 0 Å². The molecule has 1 aromatic heterocycles. The Bertz CT molecular complexity index is 433. The highest BCUT2D eigenvalue weighted by molar-refractivity contribution is 5.92. The molecular formula is C13H21N5O2. The number of aromatic nitrogens is 2. The Labute approximate surface area is 118 Å². The first-order valence-electron chi connectivity index (χ1n) is 6.79. The van der Waals surface area contributed by atoms with Gasteiger partial charge in [0.05, 0.1) is 0 Å². The van der Waals surface area contributed by atoms with Crippen molar-refractivity contribution in [3.8, 4) is 0 Å². The third-order valence-corrected chi connectivity index (χ3v) is 2.46. The number of carbonyl (C=O) groups is 2. The van der Waals surface area contributed by atoms with Crippen LogP contribution in [0, 0.1) is 0 Å². The van der Waals surface area contributed by atoms with E-state index < -0.39 is 0 Å². The highest BCUT2D eigenvalue weighted by atomic mass is 16.2. The first-order chi connectivity index (χ1) is 9.67. The first-order valence-corrected chi connectivity index (χ1v) is 6.79. The lowest BCUT2D eigenvalue weighted by molar-refractivity contribution is -0.120. The second kappa shape index (κ2) is 8.84. The van der Waals surface area contributed by atoms with Crippen LogP contribution in [0.4, 0.5) is 5.82 Å². The van der Waals surface area contributed by atoms with Gasteiger partial charge in [-0.2, -0.15) is 0 Å². The second-order valence-corrected chi connectivity index (χ2v) is 4.19. The predicted molar refractivity (Wildman–Crippen MR) is 76.4 cm³/mol. The summed E-state index contributed by atoms with van der Waals surface area (Å²) in [6.07, 6.45) is 1.15. The monoisotopic (exact) mass is 279 g/mol. The van der Waals surface area contributed by atoms with Gasteiger partial charge in [0.15, 0.2) is 5.69 Å². The van der Waals surface area contributed by atoms with Crippen LogP contribution in [0.15, 0.2) is 12.1 Å². The fraction of sp³-hybridized carbons (Fsp3) is 0.538. The highest BCUT2D eigenvalue weighted by Gasteiger charge is 2.08. The van der Waals surface area contributed by atoms with Crippen LogP contribution in [0.1, 0.15) is 37.2 Å². The second-order valence-electron chi connectivity index (χ2n) is 4.19. The van der Waals surface area contributed by atoms with E-state index in [4.69, 9.17) is 0 Å². The van der Waals surface area contributed by atoms with E-state index in [-0.39, 0.29) is 30.5 Å². The molecule has 0 spiro atoms. The van der Waals surface area contributed by atoms with Crippen molar-refractivity contribution >= 4 is 17.6 Å². The largest absolute Gasteiger partial charge is 0.369 e. The van der Waals surface area contributed by atoms with Crippen LogP contribution in [0.2, 0.25) is 0 Å². The quantitative estimate of drug-likeness (QED) is 0.646. The van der Waals surface area contributed by atoms with Gasteiger partial charge < -0.3 is 16.0 Å². The molecule has 1 aromatic rings. The van der Waals surface area contributed by atoms with E-state index in [0.717, 1.165) is 13.0 Å². The smallest absolute Gasteiger partial charge is 0.271 e. The van der Waals surface area contributed by atoms with Crippen molar-refractivity contribution in [3.05, 3.63) is 17.8 Å². The zero-order chi connectivity index (χ0) is 14.8. The van der Waals surface area contributed by atoms with Gasteiger partial charge in [0.2, 0.25) is 5.91 Å². The Morgan fingerprint density at radius 1 is 1.10 bits per heavy atom. The zero-order valence-electron chi connectivity index (χ0n) is 11.9. The van der Waals surface area contributed by atoms with E-state index in [2.05, 4.69) is 26.1 Å². The number of hydrogen-bond donors (Lipinski definition) is 3. The van der Waals surface area contributed by atoms with E-state index in [1.54, 1.807) is 12.1 Å². The summed E-state index contributed by atoms with van der Waals surface area (Å²) in [4.78, 5) is 23.1. The molecule has 20 heavy (non-hydrogen) atoms. The SMILES string of the molecule is CCCNC(=O)CCNC(=O)c1ccc(NCC)nn1. The average Bonchev–Trinajstić information content (AvgIpc) is 2.46. The van der Waals surface area contributed by atoms with Crippen molar-refractivity contribution in [2.75, 3.05) is 25.0 Å². The lowest BCUT2D eigenvalue weighted by Gasteiger charge is -2.06. The van der Waals surface area contributed by atoms with Crippen LogP contribution in [0.5, 0.6) is 0 Å². The Kier molecular flexibility index (Phi) is 7.02. The van der Waals surface area contributed by atoms with E-state index in [0.29, 0.717) is 12.4 Å². The molecule has 0 saturated heterocycles. The standard InChI is InChI=1S/C13H21N5O2/c1-3-8-15-12(19)7-9-16-13(20)10-5-6-11(14-4-2)18-17-10/h5-6H,3-4,7-9H2,1-2H3,(H,14,18)(H,15,19)(H,16,20). The van der Waals surface area contributed by atoms with Crippen LogP contribution < -0.4 is 16.0 Å². The van der Waals surface area contributed by atoms with E-state index >= 15 is 0 Å². The predicted octanol–water partition coefficient (Wildman–Crippen LogP) is 0.554. The Hall–Kier alpha value is -2.18. The molecule has 0 aromatic carbocycles. The van der Waals surface area contributed by atoms with Crippen molar-refractivity contribution in [1.29, 1.82) is 0 Å². The molecule has 7 heteroatoms. The summed E-state index contributed by atoms with van der Waals surface area (Å²) in [7, 11) is 0. The van der Waals surface area contributed by atoms with Crippen molar-refractivity contribution in [2.24, 2.45) is 0 Å². The summed E-state index contributed by atoms with van der Waals surface area (Å²) < 4.78 is 0. The van der Waals surface area contributed by atoms with Crippen LogP contribution in [0.25, 0.3) is 0 Å². The molecule has 0 aliphatic heterocycles. The van der Waals surface area contributed by atoms with Gasteiger partial charge in [0, 0.05) is 26.1 Å². The number of hydrogen-bond acceptors (Lipinski definition) is 5. The molecule has 0 radical (unpaired) electrons. The maximum Gasteiger partial charge on any atom is 0.271 e. The maximum atomic E-state index is 11.7. The van der Waals surface area contributed by atoms with Crippen LogP contribution in [0.3, 0.4) is 0 Å². The minimum Gasteiger partial charge on any atom is -0.369 e. The minimum absolute atomic E-state index is 0.0688. The Balaban J connectivity index is 2.33. The van der Waals surface area contributed by atoms with Crippen LogP contribution in [-0.2, 0) is 4.79 Å². The van der Waals surface area contributed by atoms with E-state index in [1.807, 2.05) is 13.8 Å². The van der Waals surface area contributed by atoms with E-state index in [1.165, 1.54) is 0 Å². The van der Waals surface area contributed by atoms with Crippen LogP contribution >= 0.6 is 0 Å². The molecule has 7 nitrogen and oxygen atoms in total. The lowest BCUT2D eigenvalue weighted by Crippen LogP contribution is -2.31. The van der Waals surface area contributed by atoms with Gasteiger partial charge >= 0.3 is 0 Å². The highest BCUT2D eigenvalue weighted by Crippen LogP contribution is 2.01. The van der Waals surface area contributed by atoms with Gasteiger partial charge in [-0.05, 0) is 25.5 Å². The molecule has 0 atom stereocenters. The molecule has 110 valence electrons. The topological polar surface area (TPSA) is 96.0 Å². The fourth-order valence-corrected chi connectivity index (χ4v) is 1.46. The zero-order valence-corrected chi connectivity index (χ0v) is 11.9. The van der Waals surface area contributed by atoms with Gasteiger partial charge in [0.25, 0.3) is 5.91 Å². The summed E-state index contributed by atoms with van der Waals surface area (Å²) in [6, 6.07) is 3.29. The third-order valence-electron chi connectivity index (χ3n) is 2.46. The number of carbonyl (C=O) groups excluding carboxylic acids is 2. The third kappa shape index (κ3) is 5.64. The molecule has 0 saturated carbocycles. The fourth-order valence-electron chi connectivity index (χ4n) is 1.46. The van der Waals surface area contributed by atoms with Crippen molar-refractivity contribution < 1.29 is 9.59 Å². The number of amides is 2. The van der Waals surface area contributed by atoms with E-state index in [9.17, 15) is 9.59 Å². The van der Waals surface area contributed by atoms with Gasteiger partial charge in [-0.3, -0.25) is 9.59 Å². The molecule has 2 amide bonds. The van der Waals surface area contributed by atoms with Crippen molar-refractivity contribution in [2.45, 2.75) is 26.7 Å². The Morgan fingerprint density at radius 2 is 1.90 bits per heavy atom. The van der Waals surface area contributed by atoms with Gasteiger partial charge in [-0.15, -0.1) is 10.2 Å². The Morgan fingerprint density at radius 3 is 2.50 bits per heavy atom. The number of rotatable bonds is 8. The van der Waals surface area contributed by atoms with Crippen molar-refractivity contribution in [1.82, 2.24) is 20.8 Å². The summed E-state index contributed by atoms with van der Waals surface area (Å²) in [5.74, 6) is 0.229. The van der Waals surface area contributed by atoms with Gasteiger partial charge in [-0.1, -0.05) is 6.92 Å². The average molecular weight is 279 g/mol. The molecule has 1 heterocycles. The van der Waals surface area contributed by atoms with Crippen LogP contribution in [-0.4, -0.2) is 41.6 Å². The number of anilines is 1. The minimum atomic E-state index is -0.330. The molecule has 0 fully saturated rings. The summed E-state index contributed by atoms with van der Waals surface area (Å²) >= 11 is 0. The molecule has 1 rings (SSSR count). The summed E-state index contributed by atoms with van der Waals surface area (Å²) in [6.45, 7) is 5.62. The molecule has 3 N–H and O–H groups in total. The lowest BCUT2D eigenvalue weighted by atomic mass is 10.3. The summed E-state index contributed by atoms with van der Waals surface area (Å²) in [5.41, 5.74) is 0.237. The molecular weight excluding hydrogens is 258 g/mol. The molecule has 0 bridgehead atoms. The number of nitrogens with one attached hydrogen (secondary N) is 3. The molecule has 0 aliphatic rings. The summed E-state index contributed by atoms with van der Waals surface area (Å²) in [5, 5.41) is 16.1. The maximum absolute atomic E-state index is 11.7. The molecule has 0 unspecified atom stereocenters. The molecule has 0 aliphatic carbocycles. The van der Waals surface area contributed by atoms with Crippen molar-refractivity contribution in [3.63, 3.8) is 0 Å². The van der Waals surface area contributed by atoms with Gasteiger partial charge in [0.1, 0.15) is 5.82 Å². The normalized spacial score (nSPS) is 9.90.